The highest BCUT2D eigenvalue weighted by Gasteiger charge is 2.29. The van der Waals surface area contributed by atoms with E-state index in [2.05, 4.69) is 34.4 Å². The second kappa shape index (κ2) is 4.77. The van der Waals surface area contributed by atoms with Crippen LogP contribution in [0.2, 0.25) is 0 Å². The zero-order valence-electron chi connectivity index (χ0n) is 10.7. The third-order valence-electron chi connectivity index (χ3n) is 3.80. The van der Waals surface area contributed by atoms with Crippen LogP contribution in [0.5, 0.6) is 0 Å². The summed E-state index contributed by atoms with van der Waals surface area (Å²) >= 11 is 0. The van der Waals surface area contributed by atoms with E-state index in [9.17, 15) is 0 Å². The molecule has 1 aromatic heterocycles. The first-order chi connectivity index (χ1) is 8.10. The molecule has 17 heavy (non-hydrogen) atoms. The topological polar surface area (TPSA) is 75.9 Å². The molecule has 1 aliphatic rings. The maximum absolute atomic E-state index is 5.67. The lowest BCUT2D eigenvalue weighted by atomic mass is 9.98. The van der Waals surface area contributed by atoms with Gasteiger partial charge in [0.2, 0.25) is 5.95 Å². The number of nitrogens with two attached hydrogens (primary N) is 1. The molecular formula is C12H21N5. The first-order valence-electron chi connectivity index (χ1n) is 6.19. The quantitative estimate of drug-likeness (QED) is 0.746. The van der Waals surface area contributed by atoms with Gasteiger partial charge in [0.15, 0.2) is 0 Å². The Labute approximate surface area is 102 Å². The summed E-state index contributed by atoms with van der Waals surface area (Å²) in [6.07, 6.45) is 2.47. The minimum absolute atomic E-state index is 0.304. The lowest BCUT2D eigenvalue weighted by Gasteiger charge is -2.20. The molecule has 0 radical (unpaired) electrons. The largest absolute Gasteiger partial charge is 0.373 e. The van der Waals surface area contributed by atoms with Gasteiger partial charge in [-0.1, -0.05) is 13.8 Å². The number of nitrogens with one attached hydrogen (secondary N) is 2. The van der Waals surface area contributed by atoms with Gasteiger partial charge in [-0.15, -0.1) is 0 Å². The Morgan fingerprint density at radius 2 is 1.94 bits per heavy atom. The molecule has 1 aromatic rings. The van der Waals surface area contributed by atoms with Gasteiger partial charge >= 0.3 is 0 Å². The summed E-state index contributed by atoms with van der Waals surface area (Å²) in [4.78, 5) is 8.30. The lowest BCUT2D eigenvalue weighted by molar-refractivity contribution is 0.435. The SMILES string of the molecule is CNc1cc(NC2CCC(C)C2C)nc(N)n1. The van der Waals surface area contributed by atoms with Crippen molar-refractivity contribution in [1.82, 2.24) is 9.97 Å². The number of nitrogen functional groups attached to an aromatic ring is 1. The van der Waals surface area contributed by atoms with Crippen molar-refractivity contribution in [2.75, 3.05) is 23.4 Å². The molecule has 1 fully saturated rings. The fourth-order valence-corrected chi connectivity index (χ4v) is 2.43. The molecule has 94 valence electrons. The van der Waals surface area contributed by atoms with Gasteiger partial charge < -0.3 is 16.4 Å². The molecule has 0 aliphatic heterocycles. The van der Waals surface area contributed by atoms with Crippen LogP contribution in [0.15, 0.2) is 6.07 Å². The van der Waals surface area contributed by atoms with Crippen LogP contribution in [0, 0.1) is 11.8 Å². The average molecular weight is 235 g/mol. The molecule has 0 saturated heterocycles. The van der Waals surface area contributed by atoms with E-state index in [1.165, 1.54) is 12.8 Å². The van der Waals surface area contributed by atoms with E-state index < -0.39 is 0 Å². The zero-order chi connectivity index (χ0) is 12.4. The summed E-state index contributed by atoms with van der Waals surface area (Å²) in [5.74, 6) is 3.31. The zero-order valence-corrected chi connectivity index (χ0v) is 10.7. The summed E-state index contributed by atoms with van der Waals surface area (Å²) in [6.45, 7) is 4.60. The van der Waals surface area contributed by atoms with Crippen LogP contribution < -0.4 is 16.4 Å². The molecule has 0 bridgehead atoms. The maximum Gasteiger partial charge on any atom is 0.223 e. The van der Waals surface area contributed by atoms with E-state index >= 15 is 0 Å². The summed E-state index contributed by atoms with van der Waals surface area (Å²) in [7, 11) is 1.83. The second-order valence-electron chi connectivity index (χ2n) is 4.91. The Bertz CT molecular complexity index is 392. The van der Waals surface area contributed by atoms with Gasteiger partial charge in [0.1, 0.15) is 11.6 Å². The van der Waals surface area contributed by atoms with Crippen molar-refractivity contribution < 1.29 is 0 Å². The van der Waals surface area contributed by atoms with Crippen LogP contribution in [0.4, 0.5) is 17.6 Å². The van der Waals surface area contributed by atoms with Crippen molar-refractivity contribution in [3.05, 3.63) is 6.07 Å². The Hall–Kier alpha value is -1.52. The Balaban J connectivity index is 2.10. The summed E-state index contributed by atoms with van der Waals surface area (Å²) in [5, 5.41) is 6.45. The molecule has 3 unspecified atom stereocenters. The monoisotopic (exact) mass is 235 g/mol. The first-order valence-corrected chi connectivity index (χ1v) is 6.19. The highest BCUT2D eigenvalue weighted by atomic mass is 15.1. The van der Waals surface area contributed by atoms with E-state index in [1.807, 2.05) is 13.1 Å². The molecular weight excluding hydrogens is 214 g/mol. The predicted molar refractivity (Wildman–Crippen MR) is 71.0 cm³/mol. The van der Waals surface area contributed by atoms with Crippen LogP contribution in [0.25, 0.3) is 0 Å². The summed E-state index contributed by atoms with van der Waals surface area (Å²) < 4.78 is 0. The summed E-state index contributed by atoms with van der Waals surface area (Å²) in [6, 6.07) is 2.38. The van der Waals surface area contributed by atoms with Gasteiger partial charge in [-0.25, -0.2) is 0 Å². The molecule has 0 aromatic carbocycles. The van der Waals surface area contributed by atoms with Crippen LogP contribution in [0.3, 0.4) is 0 Å². The van der Waals surface area contributed by atoms with Gasteiger partial charge in [-0.3, -0.25) is 0 Å². The standard InChI is InChI=1S/C12H21N5/c1-7-4-5-9(8(7)2)15-11-6-10(14-3)16-12(13)17-11/h6-9H,4-5H2,1-3H3,(H4,13,14,15,16,17). The van der Waals surface area contributed by atoms with Crippen LogP contribution in [-0.2, 0) is 0 Å². The molecule has 5 heteroatoms. The number of hydrogen-bond donors (Lipinski definition) is 3. The molecule has 1 saturated carbocycles. The van der Waals surface area contributed by atoms with Crippen LogP contribution in [0.1, 0.15) is 26.7 Å². The molecule has 3 atom stereocenters. The lowest BCUT2D eigenvalue weighted by Crippen LogP contribution is -2.24. The number of hydrogen-bond acceptors (Lipinski definition) is 5. The molecule has 1 heterocycles. The smallest absolute Gasteiger partial charge is 0.223 e. The van der Waals surface area contributed by atoms with Crippen LogP contribution in [-0.4, -0.2) is 23.1 Å². The number of rotatable bonds is 3. The van der Waals surface area contributed by atoms with E-state index in [-0.39, 0.29) is 0 Å². The Morgan fingerprint density at radius 3 is 2.53 bits per heavy atom. The number of nitrogens with zero attached hydrogens (tertiary/aromatic N) is 2. The molecule has 0 spiro atoms. The van der Waals surface area contributed by atoms with E-state index in [1.54, 1.807) is 0 Å². The van der Waals surface area contributed by atoms with Crippen LogP contribution >= 0.6 is 0 Å². The van der Waals surface area contributed by atoms with Gasteiger partial charge in [0, 0.05) is 19.2 Å². The Morgan fingerprint density at radius 1 is 1.24 bits per heavy atom. The van der Waals surface area contributed by atoms with Gasteiger partial charge in [-0.05, 0) is 24.7 Å². The van der Waals surface area contributed by atoms with E-state index in [4.69, 9.17) is 5.73 Å². The van der Waals surface area contributed by atoms with Crippen molar-refractivity contribution in [3.8, 4) is 0 Å². The van der Waals surface area contributed by atoms with E-state index in [0.717, 1.165) is 17.6 Å². The molecule has 2 rings (SSSR count). The highest BCUT2D eigenvalue weighted by Crippen LogP contribution is 2.33. The van der Waals surface area contributed by atoms with Crippen molar-refractivity contribution in [2.24, 2.45) is 11.8 Å². The maximum atomic E-state index is 5.67. The summed E-state index contributed by atoms with van der Waals surface area (Å²) in [5.41, 5.74) is 5.67. The van der Waals surface area contributed by atoms with Gasteiger partial charge in [-0.2, -0.15) is 9.97 Å². The van der Waals surface area contributed by atoms with Crippen molar-refractivity contribution in [2.45, 2.75) is 32.7 Å². The Kier molecular flexibility index (Phi) is 3.36. The molecule has 0 amide bonds. The highest BCUT2D eigenvalue weighted by molar-refractivity contribution is 5.51. The minimum atomic E-state index is 0.304. The first kappa shape index (κ1) is 12.0. The van der Waals surface area contributed by atoms with Crippen molar-refractivity contribution in [3.63, 3.8) is 0 Å². The fourth-order valence-electron chi connectivity index (χ4n) is 2.43. The molecule has 5 nitrogen and oxygen atoms in total. The average Bonchev–Trinajstić information content (AvgIpc) is 2.60. The predicted octanol–water partition coefficient (Wildman–Crippen LogP) is 1.95. The normalized spacial score (nSPS) is 28.1. The van der Waals surface area contributed by atoms with Crippen molar-refractivity contribution >= 4 is 17.6 Å². The molecule has 1 aliphatic carbocycles. The van der Waals surface area contributed by atoms with Gasteiger partial charge in [0.05, 0.1) is 0 Å². The van der Waals surface area contributed by atoms with E-state index in [0.29, 0.717) is 17.9 Å². The minimum Gasteiger partial charge on any atom is -0.373 e. The molecule has 4 N–H and O–H groups in total. The number of aromatic nitrogens is 2. The number of anilines is 3. The third-order valence-corrected chi connectivity index (χ3v) is 3.80. The second-order valence-corrected chi connectivity index (χ2v) is 4.91. The van der Waals surface area contributed by atoms with Gasteiger partial charge in [0.25, 0.3) is 0 Å². The third kappa shape index (κ3) is 2.60. The van der Waals surface area contributed by atoms with Crippen molar-refractivity contribution in [1.29, 1.82) is 0 Å². The fraction of sp³-hybridized carbons (Fsp3) is 0.667.